The highest BCUT2D eigenvalue weighted by molar-refractivity contribution is 5.80. The van der Waals surface area contributed by atoms with Crippen LogP contribution in [0.15, 0.2) is 18.2 Å². The Morgan fingerprint density at radius 3 is 2.61 bits per heavy atom. The molecule has 2 aliphatic carbocycles. The third-order valence-electron chi connectivity index (χ3n) is 4.37. The maximum atomic E-state index is 5.88. The highest BCUT2D eigenvalue weighted by Gasteiger charge is 2.31. The van der Waals surface area contributed by atoms with Crippen molar-refractivity contribution in [2.24, 2.45) is 0 Å². The van der Waals surface area contributed by atoms with Gasteiger partial charge in [0, 0.05) is 17.6 Å². The summed E-state index contributed by atoms with van der Waals surface area (Å²) in [6.07, 6.45) is 7.98. The Morgan fingerprint density at radius 1 is 1.11 bits per heavy atom. The van der Waals surface area contributed by atoms with Gasteiger partial charge in [0.2, 0.25) is 0 Å². The van der Waals surface area contributed by atoms with Crippen LogP contribution in [0.4, 0.5) is 5.69 Å². The summed E-state index contributed by atoms with van der Waals surface area (Å²) in [5.74, 6) is 2.01. The molecule has 2 fully saturated rings. The van der Waals surface area contributed by atoms with Gasteiger partial charge in [0.15, 0.2) is 0 Å². The minimum atomic E-state index is 0.680. The maximum absolute atomic E-state index is 5.88. The SMILES string of the molecule is Nc1ccc2c(c1)nc(C1CCCC1)n2C1CC1. The molecule has 3 heteroatoms. The van der Waals surface area contributed by atoms with Crippen molar-refractivity contribution >= 4 is 16.7 Å². The number of hydrogen-bond donors (Lipinski definition) is 1. The van der Waals surface area contributed by atoms with E-state index in [0.29, 0.717) is 12.0 Å². The van der Waals surface area contributed by atoms with Gasteiger partial charge in [-0.15, -0.1) is 0 Å². The van der Waals surface area contributed by atoms with Crippen LogP contribution in [-0.4, -0.2) is 9.55 Å². The molecule has 18 heavy (non-hydrogen) atoms. The number of anilines is 1. The van der Waals surface area contributed by atoms with Gasteiger partial charge in [-0.25, -0.2) is 4.98 Å². The van der Waals surface area contributed by atoms with Crippen molar-refractivity contribution in [2.45, 2.75) is 50.5 Å². The lowest BCUT2D eigenvalue weighted by molar-refractivity contribution is 0.602. The van der Waals surface area contributed by atoms with E-state index >= 15 is 0 Å². The zero-order valence-corrected chi connectivity index (χ0v) is 10.6. The molecule has 2 aromatic rings. The smallest absolute Gasteiger partial charge is 0.113 e. The predicted octanol–water partition coefficient (Wildman–Crippen LogP) is 3.61. The first-order valence-corrected chi connectivity index (χ1v) is 7.10. The quantitative estimate of drug-likeness (QED) is 0.816. The average Bonchev–Trinajstić information content (AvgIpc) is 2.92. The van der Waals surface area contributed by atoms with Gasteiger partial charge in [0.25, 0.3) is 0 Å². The molecule has 0 radical (unpaired) electrons. The summed E-state index contributed by atoms with van der Waals surface area (Å²) in [6.45, 7) is 0. The number of nitrogens with zero attached hydrogens (tertiary/aromatic N) is 2. The second-order valence-electron chi connectivity index (χ2n) is 5.80. The van der Waals surface area contributed by atoms with Gasteiger partial charge in [-0.05, 0) is 43.9 Å². The molecule has 1 aromatic carbocycles. The van der Waals surface area contributed by atoms with Crippen LogP contribution < -0.4 is 5.73 Å². The van der Waals surface area contributed by atoms with Gasteiger partial charge in [0.05, 0.1) is 11.0 Å². The normalized spacial score (nSPS) is 20.9. The standard InChI is InChI=1S/C15H19N3/c16-11-5-8-14-13(9-11)17-15(10-3-1-2-4-10)18(14)12-6-7-12/h5,8-10,12H,1-4,6-7,16H2. The number of hydrogen-bond acceptors (Lipinski definition) is 2. The number of aromatic nitrogens is 2. The lowest BCUT2D eigenvalue weighted by Crippen LogP contribution is -2.05. The largest absolute Gasteiger partial charge is 0.399 e. The van der Waals surface area contributed by atoms with Crippen molar-refractivity contribution in [3.05, 3.63) is 24.0 Å². The van der Waals surface area contributed by atoms with Crippen molar-refractivity contribution < 1.29 is 0 Å². The topological polar surface area (TPSA) is 43.8 Å². The first-order chi connectivity index (χ1) is 8.83. The summed E-state index contributed by atoms with van der Waals surface area (Å²) < 4.78 is 2.50. The predicted molar refractivity (Wildman–Crippen MR) is 73.6 cm³/mol. The highest BCUT2D eigenvalue weighted by Crippen LogP contribution is 2.43. The molecule has 0 aliphatic heterocycles. The summed E-state index contributed by atoms with van der Waals surface area (Å²) in [6, 6.07) is 6.87. The molecule has 0 bridgehead atoms. The van der Waals surface area contributed by atoms with E-state index in [1.807, 2.05) is 12.1 Å². The number of imidazole rings is 1. The fraction of sp³-hybridized carbons (Fsp3) is 0.533. The van der Waals surface area contributed by atoms with Gasteiger partial charge in [-0.2, -0.15) is 0 Å². The summed E-state index contributed by atoms with van der Waals surface area (Å²) >= 11 is 0. The van der Waals surface area contributed by atoms with Crippen molar-refractivity contribution in [3.63, 3.8) is 0 Å². The Bertz CT molecular complexity index is 589. The molecule has 94 valence electrons. The van der Waals surface area contributed by atoms with Crippen LogP contribution in [0.3, 0.4) is 0 Å². The summed E-state index contributed by atoms with van der Waals surface area (Å²) in [5, 5.41) is 0. The van der Waals surface area contributed by atoms with Crippen LogP contribution in [0.5, 0.6) is 0 Å². The number of nitrogens with two attached hydrogens (primary N) is 1. The number of benzene rings is 1. The molecule has 0 unspecified atom stereocenters. The lowest BCUT2D eigenvalue weighted by atomic mass is 10.1. The summed E-state index contributed by atoms with van der Waals surface area (Å²) in [5.41, 5.74) is 9.07. The molecule has 0 spiro atoms. The minimum absolute atomic E-state index is 0.680. The zero-order valence-electron chi connectivity index (χ0n) is 10.6. The Morgan fingerprint density at radius 2 is 1.89 bits per heavy atom. The van der Waals surface area contributed by atoms with Crippen LogP contribution in [0.2, 0.25) is 0 Å². The van der Waals surface area contributed by atoms with E-state index < -0.39 is 0 Å². The molecular formula is C15H19N3. The molecule has 0 atom stereocenters. The van der Waals surface area contributed by atoms with E-state index in [2.05, 4.69) is 10.6 Å². The molecular weight excluding hydrogens is 222 g/mol. The molecule has 1 heterocycles. The van der Waals surface area contributed by atoms with Gasteiger partial charge in [-0.3, -0.25) is 0 Å². The van der Waals surface area contributed by atoms with Crippen molar-refractivity contribution in [1.29, 1.82) is 0 Å². The molecule has 2 aliphatic rings. The van der Waals surface area contributed by atoms with E-state index in [1.165, 1.54) is 49.9 Å². The van der Waals surface area contributed by atoms with Gasteiger partial charge in [0.1, 0.15) is 5.82 Å². The number of fused-ring (bicyclic) bond motifs is 1. The van der Waals surface area contributed by atoms with Crippen LogP contribution in [0.1, 0.15) is 56.3 Å². The van der Waals surface area contributed by atoms with E-state index in [0.717, 1.165) is 11.2 Å². The molecule has 3 nitrogen and oxygen atoms in total. The Labute approximate surface area is 107 Å². The fourth-order valence-electron chi connectivity index (χ4n) is 3.32. The van der Waals surface area contributed by atoms with Gasteiger partial charge in [-0.1, -0.05) is 12.8 Å². The fourth-order valence-corrected chi connectivity index (χ4v) is 3.32. The second-order valence-corrected chi connectivity index (χ2v) is 5.80. The molecule has 1 aromatic heterocycles. The monoisotopic (exact) mass is 241 g/mol. The van der Waals surface area contributed by atoms with E-state index in [1.54, 1.807) is 0 Å². The maximum Gasteiger partial charge on any atom is 0.113 e. The number of nitrogen functional groups attached to an aromatic ring is 1. The summed E-state index contributed by atoms with van der Waals surface area (Å²) in [4.78, 5) is 4.90. The Hall–Kier alpha value is -1.51. The third kappa shape index (κ3) is 1.53. The van der Waals surface area contributed by atoms with E-state index in [4.69, 9.17) is 10.7 Å². The van der Waals surface area contributed by atoms with Crippen molar-refractivity contribution in [1.82, 2.24) is 9.55 Å². The van der Waals surface area contributed by atoms with Gasteiger partial charge < -0.3 is 10.3 Å². The van der Waals surface area contributed by atoms with Crippen LogP contribution in [0.25, 0.3) is 11.0 Å². The Kier molecular flexibility index (Phi) is 2.16. The first-order valence-electron chi connectivity index (χ1n) is 7.10. The van der Waals surface area contributed by atoms with Crippen LogP contribution in [-0.2, 0) is 0 Å². The molecule has 0 amide bonds. The minimum Gasteiger partial charge on any atom is -0.399 e. The second kappa shape index (κ2) is 3.74. The molecule has 2 N–H and O–H groups in total. The average molecular weight is 241 g/mol. The summed E-state index contributed by atoms with van der Waals surface area (Å²) in [7, 11) is 0. The van der Waals surface area contributed by atoms with Crippen molar-refractivity contribution in [3.8, 4) is 0 Å². The lowest BCUT2D eigenvalue weighted by Gasteiger charge is -2.12. The molecule has 0 saturated heterocycles. The van der Waals surface area contributed by atoms with Crippen LogP contribution >= 0.6 is 0 Å². The highest BCUT2D eigenvalue weighted by atomic mass is 15.1. The van der Waals surface area contributed by atoms with Crippen LogP contribution in [0, 0.1) is 0 Å². The Balaban J connectivity index is 1.91. The zero-order chi connectivity index (χ0) is 12.1. The first kappa shape index (κ1) is 10.4. The van der Waals surface area contributed by atoms with Gasteiger partial charge >= 0.3 is 0 Å². The molecule has 4 rings (SSSR count). The number of rotatable bonds is 2. The molecule has 2 saturated carbocycles. The van der Waals surface area contributed by atoms with E-state index in [9.17, 15) is 0 Å². The third-order valence-corrected chi connectivity index (χ3v) is 4.37. The van der Waals surface area contributed by atoms with Crippen molar-refractivity contribution in [2.75, 3.05) is 5.73 Å². The van der Waals surface area contributed by atoms with E-state index in [-0.39, 0.29) is 0 Å².